The zero-order chi connectivity index (χ0) is 19.7. The van der Waals surface area contributed by atoms with Gasteiger partial charge in [-0.15, -0.1) is 0 Å². The lowest BCUT2D eigenvalue weighted by Gasteiger charge is -2.59. The van der Waals surface area contributed by atoms with E-state index in [0.29, 0.717) is 5.92 Å². The van der Waals surface area contributed by atoms with Crippen molar-refractivity contribution in [3.8, 4) is 0 Å². The first kappa shape index (κ1) is 21.0. The van der Waals surface area contributed by atoms with Crippen molar-refractivity contribution in [2.45, 2.75) is 85.7 Å². The van der Waals surface area contributed by atoms with Crippen LogP contribution in [0.25, 0.3) is 0 Å². The number of ether oxygens (including phenoxy) is 1. The SMILES string of the molecule is C=C1[C@@H](OC(C)=O)C[C@@H]2C(C)(C)CCC[C@]2(C)[C@@H]1CC[C@@H](C)CC(=O)O. The Morgan fingerprint density at radius 3 is 2.54 bits per heavy atom. The van der Waals surface area contributed by atoms with Gasteiger partial charge in [-0.1, -0.05) is 40.7 Å². The van der Waals surface area contributed by atoms with Crippen LogP contribution in [0, 0.1) is 28.6 Å². The molecule has 26 heavy (non-hydrogen) atoms. The van der Waals surface area contributed by atoms with E-state index >= 15 is 0 Å². The number of carboxylic acid groups (broad SMARTS) is 1. The summed E-state index contributed by atoms with van der Waals surface area (Å²) in [6.07, 6.45) is 6.25. The van der Waals surface area contributed by atoms with Crippen molar-refractivity contribution in [2.24, 2.45) is 28.6 Å². The topological polar surface area (TPSA) is 63.6 Å². The third-order valence-electron chi connectivity index (χ3n) is 7.16. The van der Waals surface area contributed by atoms with Crippen LogP contribution in [0.1, 0.15) is 79.6 Å². The van der Waals surface area contributed by atoms with Crippen molar-refractivity contribution in [3.05, 3.63) is 12.2 Å². The van der Waals surface area contributed by atoms with Crippen molar-refractivity contribution < 1.29 is 19.4 Å². The Kier molecular flexibility index (Phi) is 6.24. The smallest absolute Gasteiger partial charge is 0.303 e. The molecular weight excluding hydrogens is 328 g/mol. The molecule has 4 nitrogen and oxygen atoms in total. The minimum Gasteiger partial charge on any atom is -0.481 e. The fourth-order valence-corrected chi connectivity index (χ4v) is 5.88. The number of carbonyl (C=O) groups excluding carboxylic acids is 1. The molecule has 2 aliphatic rings. The van der Waals surface area contributed by atoms with E-state index < -0.39 is 5.97 Å². The zero-order valence-electron chi connectivity index (χ0n) is 17.1. The second-order valence-electron chi connectivity index (χ2n) is 9.64. The van der Waals surface area contributed by atoms with E-state index in [1.165, 1.54) is 26.2 Å². The Hall–Kier alpha value is -1.32. The molecule has 2 rings (SSSR count). The predicted molar refractivity (Wildman–Crippen MR) is 103 cm³/mol. The molecule has 0 unspecified atom stereocenters. The number of esters is 1. The van der Waals surface area contributed by atoms with Gasteiger partial charge < -0.3 is 9.84 Å². The monoisotopic (exact) mass is 364 g/mol. The van der Waals surface area contributed by atoms with Crippen LogP contribution in [-0.2, 0) is 14.3 Å². The van der Waals surface area contributed by atoms with E-state index in [1.54, 1.807) is 0 Å². The number of hydrogen-bond donors (Lipinski definition) is 1. The van der Waals surface area contributed by atoms with Gasteiger partial charge in [0.25, 0.3) is 0 Å². The first-order valence-electron chi connectivity index (χ1n) is 10.0. The molecule has 0 bridgehead atoms. The summed E-state index contributed by atoms with van der Waals surface area (Å²) in [4.78, 5) is 22.6. The van der Waals surface area contributed by atoms with Gasteiger partial charge in [0.15, 0.2) is 0 Å². The van der Waals surface area contributed by atoms with Gasteiger partial charge in [-0.05, 0) is 66.3 Å². The highest BCUT2D eigenvalue weighted by Crippen LogP contribution is 2.62. The van der Waals surface area contributed by atoms with Crippen molar-refractivity contribution >= 4 is 11.9 Å². The van der Waals surface area contributed by atoms with Gasteiger partial charge >= 0.3 is 11.9 Å². The molecule has 0 heterocycles. The van der Waals surface area contributed by atoms with E-state index in [0.717, 1.165) is 24.8 Å². The van der Waals surface area contributed by atoms with Crippen LogP contribution < -0.4 is 0 Å². The van der Waals surface area contributed by atoms with Gasteiger partial charge in [0.2, 0.25) is 0 Å². The van der Waals surface area contributed by atoms with E-state index in [4.69, 9.17) is 9.84 Å². The summed E-state index contributed by atoms with van der Waals surface area (Å²) in [5.41, 5.74) is 1.41. The van der Waals surface area contributed by atoms with Gasteiger partial charge in [0.1, 0.15) is 6.10 Å². The quantitative estimate of drug-likeness (QED) is 0.518. The highest BCUT2D eigenvalue weighted by molar-refractivity contribution is 5.67. The maximum absolute atomic E-state index is 11.6. The molecule has 0 radical (unpaired) electrons. The largest absolute Gasteiger partial charge is 0.481 e. The molecule has 2 aliphatic carbocycles. The molecule has 4 heteroatoms. The molecule has 0 aliphatic heterocycles. The van der Waals surface area contributed by atoms with Crippen molar-refractivity contribution in [1.29, 1.82) is 0 Å². The summed E-state index contributed by atoms with van der Waals surface area (Å²) in [5, 5.41) is 9.05. The maximum Gasteiger partial charge on any atom is 0.303 e. The number of hydrogen-bond acceptors (Lipinski definition) is 3. The van der Waals surface area contributed by atoms with E-state index in [2.05, 4.69) is 27.4 Å². The first-order valence-corrected chi connectivity index (χ1v) is 10.0. The highest BCUT2D eigenvalue weighted by Gasteiger charge is 2.55. The fraction of sp³-hybridized carbons (Fsp3) is 0.818. The number of rotatable bonds is 6. The van der Waals surface area contributed by atoms with Crippen LogP contribution in [0.15, 0.2) is 12.2 Å². The standard InChI is InChI=1S/C22H36O4/c1-14(12-20(24)25)8-9-17-15(2)18(26-16(3)23)13-19-21(4,5)10-7-11-22(17,19)6/h14,17-19H,2,7-13H2,1,3-6H3,(H,24,25)/t14-,17-,18+,19-,22-/m1/s1. The van der Waals surface area contributed by atoms with Crippen molar-refractivity contribution in [3.63, 3.8) is 0 Å². The molecule has 0 aromatic rings. The molecule has 2 saturated carbocycles. The van der Waals surface area contributed by atoms with E-state index in [-0.39, 0.29) is 41.2 Å². The van der Waals surface area contributed by atoms with Crippen LogP contribution in [0.4, 0.5) is 0 Å². The average molecular weight is 365 g/mol. The summed E-state index contributed by atoms with van der Waals surface area (Å²) >= 11 is 0. The predicted octanol–water partition coefficient (Wildman–Crippen LogP) is 5.22. The lowest BCUT2D eigenvalue weighted by Crippen LogP contribution is -2.53. The third-order valence-corrected chi connectivity index (χ3v) is 7.16. The van der Waals surface area contributed by atoms with Gasteiger partial charge in [-0.3, -0.25) is 9.59 Å². The van der Waals surface area contributed by atoms with Crippen molar-refractivity contribution in [1.82, 2.24) is 0 Å². The fourth-order valence-electron chi connectivity index (χ4n) is 5.88. The average Bonchev–Trinajstić information content (AvgIpc) is 2.47. The van der Waals surface area contributed by atoms with Crippen LogP contribution in [0.5, 0.6) is 0 Å². The van der Waals surface area contributed by atoms with E-state index in [1.807, 2.05) is 6.92 Å². The summed E-state index contributed by atoms with van der Waals surface area (Å²) in [7, 11) is 0. The van der Waals surface area contributed by atoms with Gasteiger partial charge in [-0.25, -0.2) is 0 Å². The summed E-state index contributed by atoms with van der Waals surface area (Å²) in [5.74, 6) is -0.0696. The van der Waals surface area contributed by atoms with E-state index in [9.17, 15) is 9.59 Å². The Morgan fingerprint density at radius 2 is 1.96 bits per heavy atom. The molecule has 0 saturated heterocycles. The summed E-state index contributed by atoms with van der Waals surface area (Å²) < 4.78 is 5.66. The molecule has 2 fully saturated rings. The summed E-state index contributed by atoms with van der Waals surface area (Å²) in [6.45, 7) is 14.9. The number of fused-ring (bicyclic) bond motifs is 1. The summed E-state index contributed by atoms with van der Waals surface area (Å²) in [6, 6.07) is 0. The number of aliphatic carboxylic acids is 1. The van der Waals surface area contributed by atoms with Crippen LogP contribution in [0.3, 0.4) is 0 Å². The molecule has 148 valence electrons. The number of carbonyl (C=O) groups is 2. The minimum absolute atomic E-state index is 0.146. The molecule has 5 atom stereocenters. The third kappa shape index (κ3) is 4.32. The van der Waals surface area contributed by atoms with Crippen LogP contribution in [-0.4, -0.2) is 23.1 Å². The lowest BCUT2D eigenvalue weighted by molar-refractivity contribution is -0.153. The van der Waals surface area contributed by atoms with Gasteiger partial charge in [-0.2, -0.15) is 0 Å². The minimum atomic E-state index is -0.736. The molecular formula is C22H36O4. The van der Waals surface area contributed by atoms with Crippen LogP contribution >= 0.6 is 0 Å². The van der Waals surface area contributed by atoms with Crippen molar-refractivity contribution in [2.75, 3.05) is 0 Å². The first-order chi connectivity index (χ1) is 12.0. The Labute approximate surface area is 158 Å². The van der Waals surface area contributed by atoms with Gasteiger partial charge in [0.05, 0.1) is 0 Å². The molecule has 0 aromatic carbocycles. The Bertz CT molecular complexity index is 564. The van der Waals surface area contributed by atoms with Gasteiger partial charge in [0, 0.05) is 13.3 Å². The number of carboxylic acids is 1. The maximum atomic E-state index is 11.6. The second-order valence-corrected chi connectivity index (χ2v) is 9.64. The molecule has 0 spiro atoms. The zero-order valence-corrected chi connectivity index (χ0v) is 17.1. The second kappa shape index (κ2) is 7.74. The lowest BCUT2D eigenvalue weighted by atomic mass is 9.46. The highest BCUT2D eigenvalue weighted by atomic mass is 16.5. The Balaban J connectivity index is 2.26. The van der Waals surface area contributed by atoms with Crippen LogP contribution in [0.2, 0.25) is 0 Å². The molecule has 0 aromatic heterocycles. The Morgan fingerprint density at radius 1 is 1.31 bits per heavy atom. The molecule has 0 amide bonds. The normalized spacial score (nSPS) is 34.7. The molecule has 1 N–H and O–H groups in total.